The van der Waals surface area contributed by atoms with E-state index in [2.05, 4.69) is 241 Å². The van der Waals surface area contributed by atoms with Crippen LogP contribution in [0.1, 0.15) is 0 Å². The van der Waals surface area contributed by atoms with Crippen LogP contribution in [0.15, 0.2) is 253 Å². The first kappa shape index (κ1) is 38.0. The second-order valence-electron chi connectivity index (χ2n) is 16.4. The molecule has 302 valence electrons. The smallest absolute Gasteiger partial charge is 0.179 e. The number of hydrogen-bond donors (Lipinski definition) is 0. The average molecular weight is 852 g/mol. The highest BCUT2D eigenvalue weighted by atomic mass is 32.1. The molecule has 0 radical (unpaired) electrons. The third-order valence-electron chi connectivity index (χ3n) is 12.8. The third kappa shape index (κ3) is 6.46. The zero-order valence-corrected chi connectivity index (χ0v) is 36.8. The second kappa shape index (κ2) is 15.9. The molecule has 12 rings (SSSR count). The molecule has 2 heterocycles. The van der Waals surface area contributed by atoms with Gasteiger partial charge in [0.1, 0.15) is 11.2 Å². The molecule has 2 nitrogen and oxygen atoms in total. The van der Waals surface area contributed by atoms with Crippen molar-refractivity contribution in [1.29, 1.82) is 0 Å². The van der Waals surface area contributed by atoms with Crippen LogP contribution in [0, 0.1) is 0 Å². The Morgan fingerprint density at radius 3 is 1.38 bits per heavy atom. The van der Waals surface area contributed by atoms with Crippen LogP contribution in [-0.2, 0) is 0 Å². The van der Waals surface area contributed by atoms with Crippen molar-refractivity contribution in [2.45, 2.75) is 0 Å². The number of anilines is 3. The van der Waals surface area contributed by atoms with Gasteiger partial charge in [0.15, 0.2) is 8.07 Å². The highest BCUT2D eigenvalue weighted by Crippen LogP contribution is 2.43. The van der Waals surface area contributed by atoms with E-state index in [1.165, 1.54) is 63.2 Å². The summed E-state index contributed by atoms with van der Waals surface area (Å²) in [5, 5.41) is 10.2. The Morgan fingerprint density at radius 1 is 0.297 bits per heavy atom. The number of rotatable bonds is 9. The molecular weight excluding hydrogens is 811 g/mol. The minimum absolute atomic E-state index is 0.871. The molecular formula is C60H41NOSSi. The lowest BCUT2D eigenvalue weighted by Gasteiger charge is -2.34. The maximum atomic E-state index is 6.46. The Morgan fingerprint density at radius 2 is 0.734 bits per heavy atom. The van der Waals surface area contributed by atoms with Crippen molar-refractivity contribution in [2.24, 2.45) is 0 Å². The SMILES string of the molecule is c1ccc(-c2ccc3sc4ccc(N(c5ccc(-c6ccc([Si](c7ccccc7)(c7ccccc7)c7ccccc7)cc6)cc5)c5ccc6c(c5)oc5ccccc56)cc4c3c2)cc1. The van der Waals surface area contributed by atoms with Gasteiger partial charge in [-0.05, 0) is 104 Å². The summed E-state index contributed by atoms with van der Waals surface area (Å²) < 4.78 is 9.02. The fourth-order valence-corrected chi connectivity index (χ4v) is 15.6. The predicted molar refractivity (Wildman–Crippen MR) is 276 cm³/mol. The predicted octanol–water partition coefficient (Wildman–Crippen LogP) is 14.1. The van der Waals surface area contributed by atoms with Gasteiger partial charge in [0, 0.05) is 54.1 Å². The molecule has 0 N–H and O–H groups in total. The van der Waals surface area contributed by atoms with Gasteiger partial charge >= 0.3 is 0 Å². The molecule has 10 aromatic carbocycles. The summed E-state index contributed by atoms with van der Waals surface area (Å²) in [5.41, 5.74) is 9.77. The first-order valence-electron chi connectivity index (χ1n) is 21.8. The summed E-state index contributed by atoms with van der Waals surface area (Å²) in [6.45, 7) is 0. The van der Waals surface area contributed by atoms with Crippen LogP contribution in [-0.4, -0.2) is 8.07 Å². The van der Waals surface area contributed by atoms with Gasteiger partial charge in [-0.3, -0.25) is 0 Å². The van der Waals surface area contributed by atoms with Crippen LogP contribution in [0.25, 0.3) is 64.4 Å². The van der Waals surface area contributed by atoms with E-state index in [0.717, 1.165) is 39.0 Å². The van der Waals surface area contributed by atoms with Crippen molar-refractivity contribution in [2.75, 3.05) is 4.90 Å². The number of furan rings is 1. The molecule has 0 fully saturated rings. The lowest BCUT2D eigenvalue weighted by molar-refractivity contribution is 0.669. The van der Waals surface area contributed by atoms with Crippen LogP contribution >= 0.6 is 11.3 Å². The lowest BCUT2D eigenvalue weighted by Crippen LogP contribution is -2.74. The number of fused-ring (bicyclic) bond motifs is 6. The van der Waals surface area contributed by atoms with E-state index >= 15 is 0 Å². The van der Waals surface area contributed by atoms with Crippen LogP contribution in [0.3, 0.4) is 0 Å². The lowest BCUT2D eigenvalue weighted by atomic mass is 10.0. The summed E-state index contributed by atoms with van der Waals surface area (Å²) in [4.78, 5) is 2.36. The zero-order chi connectivity index (χ0) is 42.5. The molecule has 12 aromatic rings. The average Bonchev–Trinajstić information content (AvgIpc) is 3.93. The van der Waals surface area contributed by atoms with Crippen LogP contribution in [0.4, 0.5) is 17.1 Å². The Kier molecular flexibility index (Phi) is 9.40. The summed E-state index contributed by atoms with van der Waals surface area (Å²) in [6, 6.07) is 91.1. The number of hydrogen-bond acceptors (Lipinski definition) is 3. The quantitative estimate of drug-likeness (QED) is 0.106. The van der Waals surface area contributed by atoms with Gasteiger partial charge in [0.25, 0.3) is 0 Å². The van der Waals surface area contributed by atoms with Crippen molar-refractivity contribution in [3.8, 4) is 22.3 Å². The van der Waals surface area contributed by atoms with Crippen molar-refractivity contribution >= 4 is 99.3 Å². The molecule has 0 spiro atoms. The summed E-state index contributed by atoms with van der Waals surface area (Å²) in [6.07, 6.45) is 0. The van der Waals surface area contributed by atoms with Gasteiger partial charge in [0.05, 0.1) is 0 Å². The number of benzene rings is 10. The molecule has 0 aliphatic carbocycles. The molecule has 0 saturated heterocycles. The Labute approximate surface area is 377 Å². The Balaban J connectivity index is 0.963. The van der Waals surface area contributed by atoms with Crippen molar-refractivity contribution < 1.29 is 4.42 Å². The molecule has 0 aliphatic heterocycles. The fourth-order valence-electron chi connectivity index (χ4n) is 9.80. The van der Waals surface area contributed by atoms with E-state index in [9.17, 15) is 0 Å². The van der Waals surface area contributed by atoms with Crippen molar-refractivity contribution in [3.05, 3.63) is 249 Å². The largest absolute Gasteiger partial charge is 0.456 e. The first-order valence-corrected chi connectivity index (χ1v) is 24.6. The maximum absolute atomic E-state index is 6.46. The topological polar surface area (TPSA) is 16.4 Å². The zero-order valence-electron chi connectivity index (χ0n) is 34.9. The molecule has 0 atom stereocenters. The number of nitrogens with zero attached hydrogens (tertiary/aromatic N) is 1. The van der Waals surface area contributed by atoms with Gasteiger partial charge in [0.2, 0.25) is 0 Å². The molecule has 4 heteroatoms. The van der Waals surface area contributed by atoms with Gasteiger partial charge in [-0.1, -0.05) is 182 Å². The van der Waals surface area contributed by atoms with Crippen LogP contribution < -0.4 is 25.6 Å². The summed E-state index contributed by atoms with van der Waals surface area (Å²) in [7, 11) is -2.62. The molecule has 0 bridgehead atoms. The summed E-state index contributed by atoms with van der Waals surface area (Å²) in [5.74, 6) is 0. The monoisotopic (exact) mass is 851 g/mol. The molecule has 2 aromatic heterocycles. The minimum Gasteiger partial charge on any atom is -0.456 e. The Hall–Kier alpha value is -7.76. The van der Waals surface area contributed by atoms with E-state index in [0.29, 0.717) is 0 Å². The highest BCUT2D eigenvalue weighted by Gasteiger charge is 2.41. The van der Waals surface area contributed by atoms with E-state index in [4.69, 9.17) is 4.42 Å². The third-order valence-corrected chi connectivity index (χ3v) is 18.8. The molecule has 0 aliphatic rings. The number of thiophene rings is 1. The molecule has 0 saturated carbocycles. The second-order valence-corrected chi connectivity index (χ2v) is 21.3. The van der Waals surface area contributed by atoms with Crippen molar-refractivity contribution in [3.63, 3.8) is 0 Å². The fraction of sp³-hybridized carbons (Fsp3) is 0. The standard InChI is InChI=1S/C60H41NOSSi/c1-5-15-42(16-6-1)45-29-37-59-55(39-45)56-40-47(33-38-60(56)63-59)61(48-32-36-54-53-23-13-14-24-57(53)62-58(54)41-48)46-30-25-43(26-31-46)44-27-34-52(35-28-44)64(49-17-7-2-8-18-49,50-19-9-3-10-20-50)51-21-11-4-12-22-51/h1-41H. The molecule has 0 amide bonds. The Bertz CT molecular complexity index is 3490. The van der Waals surface area contributed by atoms with Gasteiger partial charge in [-0.15, -0.1) is 11.3 Å². The number of para-hydroxylation sites is 1. The van der Waals surface area contributed by atoms with E-state index in [-0.39, 0.29) is 0 Å². The first-order chi connectivity index (χ1) is 31.7. The summed E-state index contributed by atoms with van der Waals surface area (Å²) >= 11 is 1.85. The van der Waals surface area contributed by atoms with Gasteiger partial charge in [-0.2, -0.15) is 0 Å². The molecule has 64 heavy (non-hydrogen) atoms. The van der Waals surface area contributed by atoms with E-state index < -0.39 is 8.07 Å². The molecule has 0 unspecified atom stereocenters. The van der Waals surface area contributed by atoms with Gasteiger partial charge < -0.3 is 9.32 Å². The van der Waals surface area contributed by atoms with E-state index in [1.807, 2.05) is 23.5 Å². The minimum atomic E-state index is -2.62. The van der Waals surface area contributed by atoms with Crippen LogP contribution in [0.2, 0.25) is 0 Å². The normalized spacial score (nSPS) is 11.8. The highest BCUT2D eigenvalue weighted by molar-refractivity contribution is 7.25. The van der Waals surface area contributed by atoms with E-state index in [1.54, 1.807) is 0 Å². The van der Waals surface area contributed by atoms with Crippen molar-refractivity contribution in [1.82, 2.24) is 0 Å². The van der Waals surface area contributed by atoms with Crippen LogP contribution in [0.5, 0.6) is 0 Å². The van der Waals surface area contributed by atoms with Gasteiger partial charge in [-0.25, -0.2) is 0 Å². The maximum Gasteiger partial charge on any atom is 0.179 e.